The van der Waals surface area contributed by atoms with Gasteiger partial charge in [0.1, 0.15) is 5.82 Å². The second-order valence-electron chi connectivity index (χ2n) is 7.77. The third kappa shape index (κ3) is 6.14. The minimum absolute atomic E-state index is 0.0846. The van der Waals surface area contributed by atoms with Gasteiger partial charge in [0, 0.05) is 18.7 Å². The first-order valence-electron chi connectivity index (χ1n) is 10.7. The van der Waals surface area contributed by atoms with E-state index in [1.54, 1.807) is 18.2 Å². The molecule has 10 heteroatoms. The summed E-state index contributed by atoms with van der Waals surface area (Å²) in [6.45, 7) is 7.63. The monoisotopic (exact) mass is 487 g/mol. The molecule has 1 amide bonds. The molecule has 2 aromatic carbocycles. The van der Waals surface area contributed by atoms with Crippen LogP contribution < -0.4 is 9.64 Å². The largest absolute Gasteiger partial charge is 0.573 e. The van der Waals surface area contributed by atoms with Crippen molar-refractivity contribution in [3.8, 4) is 17.0 Å². The lowest BCUT2D eigenvalue weighted by atomic mass is 10.1. The second kappa shape index (κ2) is 10.4. The number of pyridine rings is 1. The maximum atomic E-state index is 14.2. The highest BCUT2D eigenvalue weighted by Crippen LogP contribution is 2.38. The summed E-state index contributed by atoms with van der Waals surface area (Å²) >= 11 is 0. The summed E-state index contributed by atoms with van der Waals surface area (Å²) in [5, 5.41) is 0. The Morgan fingerprint density at radius 2 is 1.86 bits per heavy atom. The predicted octanol–water partition coefficient (Wildman–Crippen LogP) is 4.84. The fourth-order valence-electron chi connectivity index (χ4n) is 3.71. The number of ether oxygens (including phenoxy) is 2. The van der Waals surface area contributed by atoms with Gasteiger partial charge in [-0.05, 0) is 48.9 Å². The van der Waals surface area contributed by atoms with E-state index < -0.39 is 23.8 Å². The topological polar surface area (TPSA) is 54.9 Å². The van der Waals surface area contributed by atoms with Crippen LogP contribution in [0, 0.1) is 12.7 Å². The van der Waals surface area contributed by atoms with E-state index in [1.807, 2.05) is 4.90 Å². The summed E-state index contributed by atoms with van der Waals surface area (Å²) < 4.78 is 63.0. The number of morpholine rings is 1. The second-order valence-corrected chi connectivity index (χ2v) is 7.77. The van der Waals surface area contributed by atoms with E-state index in [4.69, 9.17) is 11.7 Å². The van der Waals surface area contributed by atoms with Gasteiger partial charge in [-0.1, -0.05) is 18.2 Å². The van der Waals surface area contributed by atoms with Crippen molar-refractivity contribution in [3.05, 3.63) is 79.1 Å². The average Bonchev–Trinajstić information content (AvgIpc) is 2.82. The van der Waals surface area contributed by atoms with Crippen molar-refractivity contribution in [3.63, 3.8) is 0 Å². The summed E-state index contributed by atoms with van der Waals surface area (Å²) in [5.41, 5.74) is 0.652. The van der Waals surface area contributed by atoms with Crippen LogP contribution in [0.4, 0.5) is 28.9 Å². The van der Waals surface area contributed by atoms with Gasteiger partial charge >= 0.3 is 6.36 Å². The Morgan fingerprint density at radius 3 is 2.51 bits per heavy atom. The Morgan fingerprint density at radius 1 is 1.11 bits per heavy atom. The summed E-state index contributed by atoms with van der Waals surface area (Å²) in [4.78, 5) is 20.6. The first-order chi connectivity index (χ1) is 16.7. The van der Waals surface area contributed by atoms with E-state index >= 15 is 0 Å². The zero-order valence-corrected chi connectivity index (χ0v) is 18.5. The maximum Gasteiger partial charge on any atom is 0.573 e. The molecule has 0 saturated carbocycles. The maximum absolute atomic E-state index is 14.2. The van der Waals surface area contributed by atoms with Crippen molar-refractivity contribution in [2.45, 2.75) is 6.36 Å². The van der Waals surface area contributed by atoms with Gasteiger partial charge in [0.2, 0.25) is 5.91 Å². The molecule has 4 rings (SSSR count). The predicted molar refractivity (Wildman–Crippen MR) is 121 cm³/mol. The number of amides is 1. The van der Waals surface area contributed by atoms with Gasteiger partial charge in [-0.2, -0.15) is 0 Å². The summed E-state index contributed by atoms with van der Waals surface area (Å²) in [6.07, 6.45) is -3.70. The van der Waals surface area contributed by atoms with E-state index in [2.05, 4.69) is 9.72 Å². The molecular weight excluding hydrogens is 466 g/mol. The number of aromatic nitrogens is 1. The Balaban J connectivity index is 1.75. The number of rotatable bonds is 6. The van der Waals surface area contributed by atoms with Crippen molar-refractivity contribution in [1.82, 2.24) is 9.88 Å². The molecule has 2 heterocycles. The minimum atomic E-state index is -4.99. The summed E-state index contributed by atoms with van der Waals surface area (Å²) in [5.74, 6) is -1.60. The Labute approximate surface area is 199 Å². The van der Waals surface area contributed by atoms with Crippen molar-refractivity contribution in [2.75, 3.05) is 37.7 Å². The lowest BCUT2D eigenvalue weighted by Crippen LogP contribution is -2.43. The molecule has 1 aromatic heterocycles. The normalized spacial score (nSPS) is 14.5. The van der Waals surface area contributed by atoms with Crippen LogP contribution in [0.15, 0.2) is 60.8 Å². The molecule has 3 aromatic rings. The van der Waals surface area contributed by atoms with E-state index in [9.17, 15) is 22.4 Å². The molecule has 0 unspecified atom stereocenters. The van der Waals surface area contributed by atoms with E-state index in [0.717, 1.165) is 11.0 Å². The van der Waals surface area contributed by atoms with E-state index in [-0.39, 0.29) is 29.0 Å². The van der Waals surface area contributed by atoms with Crippen LogP contribution in [-0.2, 0) is 9.53 Å². The molecule has 0 N–H and O–H groups in total. The van der Waals surface area contributed by atoms with Crippen molar-refractivity contribution < 1.29 is 31.8 Å². The van der Waals surface area contributed by atoms with Gasteiger partial charge in [0.25, 0.3) is 0 Å². The molecule has 1 saturated heterocycles. The van der Waals surface area contributed by atoms with Gasteiger partial charge < -0.3 is 9.47 Å². The first kappa shape index (κ1) is 24.6. The lowest BCUT2D eigenvalue weighted by molar-refractivity contribution is -0.274. The third-order valence-corrected chi connectivity index (χ3v) is 5.32. The quantitative estimate of drug-likeness (QED) is 0.466. The number of hydrogen-bond acceptors (Lipinski definition) is 5. The van der Waals surface area contributed by atoms with Crippen molar-refractivity contribution in [1.29, 1.82) is 0 Å². The fourth-order valence-corrected chi connectivity index (χ4v) is 3.71. The van der Waals surface area contributed by atoms with Gasteiger partial charge in [0.15, 0.2) is 5.75 Å². The van der Waals surface area contributed by atoms with Crippen LogP contribution >= 0.6 is 0 Å². The Bertz CT molecular complexity index is 1180. The highest BCUT2D eigenvalue weighted by molar-refractivity contribution is 6.03. The number of halogens is 4. The molecule has 6 nitrogen and oxygen atoms in total. The molecule has 0 spiro atoms. The number of benzene rings is 2. The number of carbonyl (C=O) groups excluding carboxylic acids is 1. The minimum Gasteiger partial charge on any atom is -0.404 e. The smallest absolute Gasteiger partial charge is 0.404 e. The number of alkyl halides is 3. The van der Waals surface area contributed by atoms with Gasteiger partial charge in [-0.3, -0.25) is 19.6 Å². The number of hydrogen-bond donors (Lipinski definition) is 0. The molecule has 0 aliphatic carbocycles. The highest BCUT2D eigenvalue weighted by Gasteiger charge is 2.34. The molecule has 182 valence electrons. The molecule has 0 bridgehead atoms. The first-order valence-corrected chi connectivity index (χ1v) is 10.7. The number of anilines is 2. The van der Waals surface area contributed by atoms with Gasteiger partial charge in [-0.25, -0.2) is 4.39 Å². The molecule has 35 heavy (non-hydrogen) atoms. The zero-order valence-electron chi connectivity index (χ0n) is 18.5. The van der Waals surface area contributed by atoms with Crippen molar-refractivity contribution >= 4 is 17.3 Å². The zero-order chi connectivity index (χ0) is 25.0. The molecule has 0 atom stereocenters. The number of nitrogens with zero attached hydrogens (tertiary/aromatic N) is 3. The van der Waals surface area contributed by atoms with Crippen LogP contribution in [0.1, 0.15) is 5.56 Å². The Hall–Kier alpha value is -3.50. The molecular formula is C25H21F4N3O3. The van der Waals surface area contributed by atoms with Crippen LogP contribution in [-0.4, -0.2) is 55.0 Å². The molecule has 1 aliphatic heterocycles. The van der Waals surface area contributed by atoms with Crippen LogP contribution in [0.2, 0.25) is 0 Å². The summed E-state index contributed by atoms with van der Waals surface area (Å²) in [7, 11) is 0. The number of carbonyl (C=O) groups is 1. The molecule has 1 aliphatic rings. The molecule has 1 fully saturated rings. The van der Waals surface area contributed by atoms with Gasteiger partial charge in [-0.15, -0.1) is 13.2 Å². The highest BCUT2D eigenvalue weighted by atomic mass is 19.4. The van der Waals surface area contributed by atoms with E-state index in [0.29, 0.717) is 32.0 Å². The van der Waals surface area contributed by atoms with E-state index in [1.165, 1.54) is 36.5 Å². The molecule has 2 radical (unpaired) electrons. The Kier molecular flexibility index (Phi) is 7.32. The summed E-state index contributed by atoms with van der Waals surface area (Å²) in [6, 6.07) is 12.5. The third-order valence-electron chi connectivity index (χ3n) is 5.32. The average molecular weight is 487 g/mol. The standard InChI is InChI=1S/C25H21F4N3O3/c1-17-6-9-23(35-25(27,28)29)22(14-17)32(24(33)16-31-10-12-34-13-11-31)18-7-8-21(30-15-18)19-4-2-3-5-20(19)26/h1-9,14-15H,10-13,16H2. The SMILES string of the molecule is [CH]c1ccc(OC(F)(F)F)c(N(C(=O)CN2CCOCC2)c2ccc(-c3ccccc3F)nc2)c1. The fraction of sp³-hybridized carbons (Fsp3) is 0.240. The van der Waals surface area contributed by atoms with Gasteiger partial charge in [0.05, 0.1) is 43.0 Å². The van der Waals surface area contributed by atoms with Crippen LogP contribution in [0.3, 0.4) is 0 Å². The van der Waals surface area contributed by atoms with Crippen LogP contribution in [0.5, 0.6) is 5.75 Å². The van der Waals surface area contributed by atoms with Crippen molar-refractivity contribution in [2.24, 2.45) is 0 Å². The lowest BCUT2D eigenvalue weighted by Gasteiger charge is -2.30. The van der Waals surface area contributed by atoms with Crippen LogP contribution in [0.25, 0.3) is 11.3 Å².